The molecule has 0 fully saturated rings. The van der Waals surface area contributed by atoms with Gasteiger partial charge in [-0.1, -0.05) is 70.9 Å². The van der Waals surface area contributed by atoms with Crippen LogP contribution in [0, 0.1) is 0 Å². The molecule has 1 N–H and O–H groups in total. The molecule has 0 aliphatic carbocycles. The minimum absolute atomic E-state index is 0.169. The number of rotatable bonds is 13. The number of hydrogen-bond acceptors (Lipinski definition) is 2. The van der Waals surface area contributed by atoms with Crippen molar-refractivity contribution in [1.29, 1.82) is 0 Å². The van der Waals surface area contributed by atoms with Crippen LogP contribution in [0.25, 0.3) is 0 Å². The molecule has 0 bridgehead atoms. The zero-order chi connectivity index (χ0) is 16.8. The normalized spacial score (nSPS) is 10.7. The van der Waals surface area contributed by atoms with Gasteiger partial charge in [0.25, 0.3) is 5.91 Å². The van der Waals surface area contributed by atoms with Crippen LogP contribution in [0.4, 0.5) is 0 Å². The molecule has 1 aromatic rings. The molecule has 0 unspecified atom stereocenters. The molecular weight excluding hydrogens is 286 g/mol. The molecule has 23 heavy (non-hydrogen) atoms. The number of benzene rings is 1. The van der Waals surface area contributed by atoms with Gasteiger partial charge in [-0.3, -0.25) is 9.63 Å². The summed E-state index contributed by atoms with van der Waals surface area (Å²) in [5.41, 5.74) is 4.42. The van der Waals surface area contributed by atoms with Gasteiger partial charge in [0.2, 0.25) is 0 Å². The second kappa shape index (κ2) is 13.1. The maximum absolute atomic E-state index is 11.8. The lowest BCUT2D eigenvalue weighted by Gasteiger charge is -2.06. The topological polar surface area (TPSA) is 38.3 Å². The summed E-state index contributed by atoms with van der Waals surface area (Å²) in [7, 11) is 0. The molecule has 0 aliphatic heterocycles. The zero-order valence-corrected chi connectivity index (χ0v) is 14.9. The Balaban J connectivity index is 2.15. The first-order valence-electron chi connectivity index (χ1n) is 9.29. The number of hydrogen-bond donors (Lipinski definition) is 1. The molecule has 0 aromatic heterocycles. The van der Waals surface area contributed by atoms with E-state index in [-0.39, 0.29) is 5.91 Å². The Kier molecular flexibility index (Phi) is 11.2. The maximum atomic E-state index is 11.8. The standard InChI is InChI=1S/C20H33NO2/c1-3-5-6-7-8-9-10-11-12-18-13-15-19(16-14-18)20(22)21-23-17-4-2/h13-16H,3-12,17H2,1-2H3,(H,21,22). The average molecular weight is 319 g/mol. The van der Waals surface area contributed by atoms with Crippen molar-refractivity contribution in [3.63, 3.8) is 0 Å². The molecule has 0 aliphatic rings. The molecular formula is C20H33NO2. The fourth-order valence-corrected chi connectivity index (χ4v) is 2.56. The van der Waals surface area contributed by atoms with Crippen LogP contribution in [0.15, 0.2) is 24.3 Å². The van der Waals surface area contributed by atoms with E-state index in [1.54, 1.807) is 0 Å². The van der Waals surface area contributed by atoms with Crippen molar-refractivity contribution in [2.75, 3.05) is 6.61 Å². The van der Waals surface area contributed by atoms with Crippen LogP contribution in [-0.4, -0.2) is 12.5 Å². The summed E-state index contributed by atoms with van der Waals surface area (Å²) in [6.45, 7) is 4.81. The summed E-state index contributed by atoms with van der Waals surface area (Å²) in [6, 6.07) is 7.86. The van der Waals surface area contributed by atoms with Gasteiger partial charge in [0, 0.05) is 5.56 Å². The van der Waals surface area contributed by atoms with Gasteiger partial charge in [-0.15, -0.1) is 0 Å². The lowest BCUT2D eigenvalue weighted by Crippen LogP contribution is -2.23. The second-order valence-electron chi connectivity index (χ2n) is 6.20. The minimum Gasteiger partial charge on any atom is -0.273 e. The first kappa shape index (κ1) is 19.7. The van der Waals surface area contributed by atoms with E-state index < -0.39 is 0 Å². The van der Waals surface area contributed by atoms with E-state index >= 15 is 0 Å². The van der Waals surface area contributed by atoms with Crippen molar-refractivity contribution >= 4 is 5.91 Å². The van der Waals surface area contributed by atoms with E-state index in [4.69, 9.17) is 4.84 Å². The van der Waals surface area contributed by atoms with Crippen molar-refractivity contribution in [2.45, 2.75) is 78.1 Å². The SMILES string of the molecule is CCCCCCCCCCc1ccc(C(=O)NOCCC)cc1. The lowest BCUT2D eigenvalue weighted by atomic mass is 10.0. The minimum atomic E-state index is -0.169. The summed E-state index contributed by atoms with van der Waals surface area (Å²) < 4.78 is 0. The molecule has 0 saturated heterocycles. The molecule has 1 aromatic carbocycles. The summed E-state index contributed by atoms with van der Waals surface area (Å²) in [6.07, 6.45) is 12.7. The van der Waals surface area contributed by atoms with Crippen LogP contribution in [0.3, 0.4) is 0 Å². The quantitative estimate of drug-likeness (QED) is 0.388. The largest absolute Gasteiger partial charge is 0.274 e. The number of unbranched alkanes of at least 4 members (excludes halogenated alkanes) is 7. The van der Waals surface area contributed by atoms with Crippen molar-refractivity contribution in [1.82, 2.24) is 5.48 Å². The molecule has 0 atom stereocenters. The molecule has 0 spiro atoms. The van der Waals surface area contributed by atoms with E-state index in [1.807, 2.05) is 19.1 Å². The molecule has 0 saturated carbocycles. The smallest absolute Gasteiger partial charge is 0.273 e. The molecule has 0 heterocycles. The van der Waals surface area contributed by atoms with Crippen molar-refractivity contribution in [3.05, 3.63) is 35.4 Å². The predicted molar refractivity (Wildman–Crippen MR) is 96.5 cm³/mol. The molecule has 130 valence electrons. The zero-order valence-electron chi connectivity index (χ0n) is 14.9. The van der Waals surface area contributed by atoms with Gasteiger partial charge < -0.3 is 0 Å². The fourth-order valence-electron chi connectivity index (χ4n) is 2.56. The van der Waals surface area contributed by atoms with Crippen molar-refractivity contribution in [2.24, 2.45) is 0 Å². The highest BCUT2D eigenvalue weighted by atomic mass is 16.6. The van der Waals surface area contributed by atoms with Gasteiger partial charge >= 0.3 is 0 Å². The average Bonchev–Trinajstić information content (AvgIpc) is 2.58. The van der Waals surface area contributed by atoms with E-state index in [9.17, 15) is 4.79 Å². The molecule has 3 heteroatoms. The van der Waals surface area contributed by atoms with E-state index in [1.165, 1.54) is 56.9 Å². The first-order valence-corrected chi connectivity index (χ1v) is 9.29. The highest BCUT2D eigenvalue weighted by Gasteiger charge is 2.04. The molecule has 3 nitrogen and oxygen atoms in total. The van der Waals surface area contributed by atoms with Crippen LogP contribution in [-0.2, 0) is 11.3 Å². The van der Waals surface area contributed by atoms with Gasteiger partial charge in [0.05, 0.1) is 6.61 Å². The monoisotopic (exact) mass is 319 g/mol. The Bertz CT molecular complexity index is 414. The predicted octanol–water partition coefficient (Wildman–Crippen LogP) is 5.44. The Labute approximate surface area is 141 Å². The number of nitrogens with one attached hydrogen (secondary N) is 1. The Morgan fingerprint density at radius 2 is 1.48 bits per heavy atom. The highest BCUT2D eigenvalue weighted by Crippen LogP contribution is 2.12. The summed E-state index contributed by atoms with van der Waals surface area (Å²) in [4.78, 5) is 16.9. The summed E-state index contributed by atoms with van der Waals surface area (Å²) in [5, 5.41) is 0. The van der Waals surface area contributed by atoms with Gasteiger partial charge in [0.15, 0.2) is 0 Å². The van der Waals surface area contributed by atoms with Crippen LogP contribution in [0.5, 0.6) is 0 Å². The van der Waals surface area contributed by atoms with Crippen LogP contribution in [0.2, 0.25) is 0 Å². The number of hydroxylamine groups is 1. The van der Waals surface area contributed by atoms with Crippen LogP contribution < -0.4 is 5.48 Å². The highest BCUT2D eigenvalue weighted by molar-refractivity contribution is 5.93. The number of carbonyl (C=O) groups is 1. The Hall–Kier alpha value is -1.35. The molecule has 1 rings (SSSR count). The number of amides is 1. The molecule has 0 radical (unpaired) electrons. The van der Waals surface area contributed by atoms with Crippen molar-refractivity contribution in [3.8, 4) is 0 Å². The second-order valence-corrected chi connectivity index (χ2v) is 6.20. The van der Waals surface area contributed by atoms with Gasteiger partial charge in [-0.05, 0) is 37.0 Å². The van der Waals surface area contributed by atoms with Crippen molar-refractivity contribution < 1.29 is 9.63 Å². The lowest BCUT2D eigenvalue weighted by molar-refractivity contribution is 0.0315. The molecule has 1 amide bonds. The first-order chi connectivity index (χ1) is 11.3. The summed E-state index contributed by atoms with van der Waals surface area (Å²) in [5.74, 6) is -0.169. The third kappa shape index (κ3) is 9.39. The summed E-state index contributed by atoms with van der Waals surface area (Å²) >= 11 is 0. The van der Waals surface area contributed by atoms with E-state index in [0.29, 0.717) is 12.2 Å². The Morgan fingerprint density at radius 3 is 2.09 bits per heavy atom. The van der Waals surface area contributed by atoms with E-state index in [2.05, 4.69) is 24.5 Å². The van der Waals surface area contributed by atoms with Gasteiger partial charge in [-0.2, -0.15) is 0 Å². The Morgan fingerprint density at radius 1 is 0.870 bits per heavy atom. The maximum Gasteiger partial charge on any atom is 0.274 e. The third-order valence-corrected chi connectivity index (χ3v) is 4.01. The van der Waals surface area contributed by atoms with Gasteiger partial charge in [0.1, 0.15) is 0 Å². The van der Waals surface area contributed by atoms with Crippen LogP contribution in [0.1, 0.15) is 87.6 Å². The third-order valence-electron chi connectivity index (χ3n) is 4.01. The van der Waals surface area contributed by atoms with Gasteiger partial charge in [-0.25, -0.2) is 5.48 Å². The van der Waals surface area contributed by atoms with E-state index in [0.717, 1.165) is 12.8 Å². The van der Waals surface area contributed by atoms with Crippen LogP contribution >= 0.6 is 0 Å². The fraction of sp³-hybridized carbons (Fsp3) is 0.650. The number of carbonyl (C=O) groups excluding carboxylic acids is 1. The number of aryl methyl sites for hydroxylation is 1.